The molecule has 0 unspecified atom stereocenters. The molecule has 3 aromatic carbocycles. The predicted molar refractivity (Wildman–Crippen MR) is 137 cm³/mol. The van der Waals surface area contributed by atoms with Crippen LogP contribution < -0.4 is 5.32 Å². The van der Waals surface area contributed by atoms with Gasteiger partial charge in [-0.25, -0.2) is 9.97 Å². The van der Waals surface area contributed by atoms with E-state index in [4.69, 9.17) is 21.6 Å². The Balaban J connectivity index is 1.55. The Kier molecular flexibility index (Phi) is 5.01. The number of nitriles is 1. The summed E-state index contributed by atoms with van der Waals surface area (Å²) in [6.45, 7) is 0.570. The van der Waals surface area contributed by atoms with E-state index in [9.17, 15) is 10.1 Å². The summed E-state index contributed by atoms with van der Waals surface area (Å²) in [4.78, 5) is 22.9. The molecule has 0 saturated heterocycles. The molecule has 7 heteroatoms. The van der Waals surface area contributed by atoms with Crippen LogP contribution in [0.1, 0.15) is 34.3 Å². The monoisotopic (exact) mass is 477 g/mol. The summed E-state index contributed by atoms with van der Waals surface area (Å²) in [7, 11) is 0. The van der Waals surface area contributed by atoms with E-state index in [1.165, 1.54) is 5.56 Å². The smallest absolute Gasteiger partial charge is 0.258 e. The summed E-state index contributed by atoms with van der Waals surface area (Å²) >= 11 is 6.29. The number of nitrogens with one attached hydrogen (secondary N) is 1. The molecular weight excluding hydrogens is 458 g/mol. The van der Waals surface area contributed by atoms with Crippen molar-refractivity contribution >= 4 is 45.5 Å². The number of benzene rings is 3. The van der Waals surface area contributed by atoms with Crippen molar-refractivity contribution in [3.63, 3.8) is 0 Å². The molecule has 6 nitrogen and oxygen atoms in total. The van der Waals surface area contributed by atoms with Crippen molar-refractivity contribution in [3.8, 4) is 6.07 Å². The molecule has 170 valence electrons. The van der Waals surface area contributed by atoms with E-state index in [0.29, 0.717) is 45.2 Å². The van der Waals surface area contributed by atoms with Crippen molar-refractivity contribution in [1.82, 2.24) is 14.5 Å². The van der Waals surface area contributed by atoms with Gasteiger partial charge >= 0.3 is 0 Å². The van der Waals surface area contributed by atoms with Gasteiger partial charge in [0.1, 0.15) is 23.0 Å². The molecule has 35 heavy (non-hydrogen) atoms. The zero-order chi connectivity index (χ0) is 24.0. The number of hydrogen-bond acceptors (Lipinski definition) is 4. The molecule has 5 aromatic rings. The third kappa shape index (κ3) is 3.61. The van der Waals surface area contributed by atoms with E-state index in [1.54, 1.807) is 24.3 Å². The predicted octanol–water partition coefficient (Wildman–Crippen LogP) is 6.09. The lowest BCUT2D eigenvalue weighted by Crippen LogP contribution is -2.21. The van der Waals surface area contributed by atoms with Crippen LogP contribution in [0.4, 0.5) is 5.82 Å². The number of fused-ring (bicyclic) bond motifs is 2. The van der Waals surface area contributed by atoms with Crippen LogP contribution in [0, 0.1) is 11.3 Å². The number of carbonyl (C=O) groups is 1. The minimum absolute atomic E-state index is 0.0862. The number of amides is 1. The molecule has 2 aromatic heterocycles. The normalized spacial score (nSPS) is 14.1. The Morgan fingerprint density at radius 1 is 0.971 bits per heavy atom. The first kappa shape index (κ1) is 21.3. The molecule has 1 aliphatic carbocycles. The molecule has 0 spiro atoms. The van der Waals surface area contributed by atoms with Gasteiger partial charge < -0.3 is 9.88 Å². The third-order valence-corrected chi connectivity index (χ3v) is 7.04. The lowest BCUT2D eigenvalue weighted by Gasteiger charge is -2.20. The summed E-state index contributed by atoms with van der Waals surface area (Å²) in [6, 6.07) is 27.0. The minimum atomic E-state index is -0.384. The Hall–Kier alpha value is -4.21. The summed E-state index contributed by atoms with van der Waals surface area (Å²) in [5, 5.41) is 13.5. The highest BCUT2D eigenvalue weighted by Crippen LogP contribution is 2.50. The largest absolute Gasteiger partial charge is 0.309 e. The second-order valence-corrected chi connectivity index (χ2v) is 9.29. The molecule has 0 aliphatic heterocycles. The molecule has 2 heterocycles. The number of nitrogens with zero attached hydrogens (tertiary/aromatic N) is 4. The highest BCUT2D eigenvalue weighted by atomic mass is 35.5. The van der Waals surface area contributed by atoms with Crippen LogP contribution in [0.25, 0.3) is 22.2 Å². The van der Waals surface area contributed by atoms with Crippen molar-refractivity contribution in [3.05, 3.63) is 101 Å². The Morgan fingerprint density at radius 3 is 2.31 bits per heavy atom. The number of para-hydroxylation sites is 2. The molecule has 0 atom stereocenters. The molecule has 6 rings (SSSR count). The number of anilines is 1. The van der Waals surface area contributed by atoms with Crippen molar-refractivity contribution in [2.45, 2.75) is 24.8 Å². The number of halogens is 1. The van der Waals surface area contributed by atoms with Crippen molar-refractivity contribution in [2.75, 3.05) is 5.32 Å². The van der Waals surface area contributed by atoms with Gasteiger partial charge in [0.2, 0.25) is 0 Å². The standard InChI is InChI=1S/C28H20ClN5O/c29-21-11-5-4-10-19(21)27(35)33-25-20(16-30)24-26(32-23-13-7-6-12-22(23)31-24)34(25)17-28(14-15-28)18-8-2-1-3-9-18/h1-13H,14-15,17H2,(H,33,35). The van der Waals surface area contributed by atoms with E-state index in [-0.39, 0.29) is 11.3 Å². The first-order valence-corrected chi connectivity index (χ1v) is 11.8. The average Bonchev–Trinajstić information content (AvgIpc) is 3.63. The van der Waals surface area contributed by atoms with Gasteiger partial charge in [-0.1, -0.05) is 66.2 Å². The van der Waals surface area contributed by atoms with Crippen LogP contribution in [0.15, 0.2) is 78.9 Å². The van der Waals surface area contributed by atoms with Gasteiger partial charge in [-0.3, -0.25) is 4.79 Å². The second kappa shape index (κ2) is 8.23. The zero-order valence-corrected chi connectivity index (χ0v) is 19.5. The molecule has 1 fully saturated rings. The van der Waals surface area contributed by atoms with Crippen LogP contribution in [0.5, 0.6) is 0 Å². The van der Waals surface area contributed by atoms with Gasteiger partial charge in [0.15, 0.2) is 5.65 Å². The fraction of sp³-hybridized carbons (Fsp3) is 0.143. The number of rotatable bonds is 5. The maximum Gasteiger partial charge on any atom is 0.258 e. The molecule has 1 aliphatic rings. The molecular formula is C28H20ClN5O. The highest BCUT2D eigenvalue weighted by Gasteiger charge is 2.45. The minimum Gasteiger partial charge on any atom is -0.309 e. The van der Waals surface area contributed by atoms with Crippen LogP contribution in [-0.4, -0.2) is 20.4 Å². The summed E-state index contributed by atoms with van der Waals surface area (Å²) in [6.07, 6.45) is 2.02. The van der Waals surface area contributed by atoms with Gasteiger partial charge in [0.05, 0.1) is 21.6 Å². The summed E-state index contributed by atoms with van der Waals surface area (Å²) in [5.74, 6) is 0.00945. The van der Waals surface area contributed by atoms with Gasteiger partial charge in [-0.15, -0.1) is 0 Å². The van der Waals surface area contributed by atoms with Crippen molar-refractivity contribution in [1.29, 1.82) is 5.26 Å². The Bertz CT molecular complexity index is 1650. The Morgan fingerprint density at radius 2 is 1.63 bits per heavy atom. The van der Waals surface area contributed by atoms with Gasteiger partial charge in [0.25, 0.3) is 5.91 Å². The average molecular weight is 478 g/mol. The topological polar surface area (TPSA) is 83.6 Å². The van der Waals surface area contributed by atoms with E-state index >= 15 is 0 Å². The summed E-state index contributed by atoms with van der Waals surface area (Å²) in [5.41, 5.74) is 4.27. The number of aromatic nitrogens is 3. The maximum absolute atomic E-state index is 13.3. The maximum atomic E-state index is 13.3. The fourth-order valence-electron chi connectivity index (χ4n) is 4.69. The molecule has 1 saturated carbocycles. The van der Waals surface area contributed by atoms with Crippen molar-refractivity contribution in [2.24, 2.45) is 0 Å². The number of hydrogen-bond donors (Lipinski definition) is 1. The van der Waals surface area contributed by atoms with E-state index in [0.717, 1.165) is 18.4 Å². The lowest BCUT2D eigenvalue weighted by atomic mass is 9.96. The second-order valence-electron chi connectivity index (χ2n) is 8.89. The van der Waals surface area contributed by atoms with E-state index in [2.05, 4.69) is 23.5 Å². The van der Waals surface area contributed by atoms with Gasteiger partial charge in [0, 0.05) is 12.0 Å². The summed E-state index contributed by atoms with van der Waals surface area (Å²) < 4.78 is 1.95. The quantitative estimate of drug-likeness (QED) is 0.332. The van der Waals surface area contributed by atoms with Gasteiger partial charge in [-0.05, 0) is 42.7 Å². The first-order chi connectivity index (χ1) is 17.1. The fourth-order valence-corrected chi connectivity index (χ4v) is 4.91. The zero-order valence-electron chi connectivity index (χ0n) is 18.7. The van der Waals surface area contributed by atoms with Crippen LogP contribution in [0.2, 0.25) is 5.02 Å². The third-order valence-electron chi connectivity index (χ3n) is 6.71. The molecule has 1 N–H and O–H groups in total. The van der Waals surface area contributed by atoms with Crippen LogP contribution >= 0.6 is 11.6 Å². The Labute approximate surface area is 206 Å². The molecule has 1 amide bonds. The molecule has 0 radical (unpaired) electrons. The SMILES string of the molecule is N#Cc1c(NC(=O)c2ccccc2Cl)n(CC2(c3ccccc3)CC2)c2nc3ccccc3nc12. The number of carbonyl (C=O) groups excluding carboxylic acids is 1. The highest BCUT2D eigenvalue weighted by molar-refractivity contribution is 6.34. The van der Waals surface area contributed by atoms with Crippen LogP contribution in [-0.2, 0) is 12.0 Å². The van der Waals surface area contributed by atoms with E-state index in [1.807, 2.05) is 47.0 Å². The van der Waals surface area contributed by atoms with Crippen LogP contribution in [0.3, 0.4) is 0 Å². The van der Waals surface area contributed by atoms with Gasteiger partial charge in [-0.2, -0.15) is 5.26 Å². The van der Waals surface area contributed by atoms with Crippen molar-refractivity contribution < 1.29 is 4.79 Å². The lowest BCUT2D eigenvalue weighted by molar-refractivity contribution is 0.102. The van der Waals surface area contributed by atoms with E-state index < -0.39 is 0 Å². The molecule has 0 bridgehead atoms. The first-order valence-electron chi connectivity index (χ1n) is 11.4.